The second-order valence-electron chi connectivity index (χ2n) is 6.97. The van der Waals surface area contributed by atoms with Gasteiger partial charge in [-0.3, -0.25) is 10.1 Å². The van der Waals surface area contributed by atoms with Crippen molar-refractivity contribution < 1.29 is 14.3 Å². The van der Waals surface area contributed by atoms with Crippen LogP contribution in [0.5, 0.6) is 0 Å². The Kier molecular flexibility index (Phi) is 6.66. The summed E-state index contributed by atoms with van der Waals surface area (Å²) >= 11 is 11.6. The number of rotatable bonds is 5. The lowest BCUT2D eigenvalue weighted by atomic mass is 10.0. The minimum Gasteiger partial charge on any atom is -0.459 e. The fourth-order valence-corrected chi connectivity index (χ4v) is 3.67. The molecule has 7 heteroatoms. The Morgan fingerprint density at radius 2 is 1.66 bits per heavy atom. The van der Waals surface area contributed by atoms with Crippen molar-refractivity contribution in [2.45, 2.75) is 6.61 Å². The zero-order valence-corrected chi connectivity index (χ0v) is 18.4. The third kappa shape index (κ3) is 5.06. The van der Waals surface area contributed by atoms with E-state index in [0.29, 0.717) is 33.4 Å². The van der Waals surface area contributed by atoms with Crippen LogP contribution < -0.4 is 10.6 Å². The van der Waals surface area contributed by atoms with Gasteiger partial charge in [0.2, 0.25) is 0 Å². The molecule has 4 aromatic rings. The number of halogens is 1. The summed E-state index contributed by atoms with van der Waals surface area (Å²) in [5.74, 6) is 0.705. The Bertz CT molecular complexity index is 1250. The van der Waals surface area contributed by atoms with Gasteiger partial charge in [-0.15, -0.1) is 0 Å². The standard InChI is InChI=1S/C25H19ClN2O3S/c26-22-14-19(10-12-21(22)23-13-11-20(15-29)31-23)27-25(32)28-24(30)18-8-6-17(7-9-18)16-4-2-1-3-5-16/h1-14,29H,15H2,(H2,27,28,30,32). The Balaban J connectivity index is 1.39. The smallest absolute Gasteiger partial charge is 0.257 e. The molecular weight excluding hydrogens is 444 g/mol. The summed E-state index contributed by atoms with van der Waals surface area (Å²) < 4.78 is 5.52. The van der Waals surface area contributed by atoms with Crippen molar-refractivity contribution in [3.05, 3.63) is 101 Å². The lowest BCUT2D eigenvalue weighted by Gasteiger charge is -2.11. The van der Waals surface area contributed by atoms with Gasteiger partial charge in [0.05, 0.1) is 5.02 Å². The summed E-state index contributed by atoms with van der Waals surface area (Å²) in [5.41, 5.74) is 3.92. The zero-order chi connectivity index (χ0) is 22.5. The molecule has 32 heavy (non-hydrogen) atoms. The van der Waals surface area contributed by atoms with E-state index in [1.807, 2.05) is 42.5 Å². The topological polar surface area (TPSA) is 74.5 Å². The van der Waals surface area contributed by atoms with Crippen LogP contribution in [0.4, 0.5) is 5.69 Å². The molecule has 1 aromatic heterocycles. The minimum absolute atomic E-state index is 0.159. The van der Waals surface area contributed by atoms with E-state index in [4.69, 9.17) is 33.3 Å². The number of hydrogen-bond donors (Lipinski definition) is 3. The lowest BCUT2D eigenvalue weighted by Crippen LogP contribution is -2.34. The quantitative estimate of drug-likeness (QED) is 0.323. The highest BCUT2D eigenvalue weighted by Crippen LogP contribution is 2.31. The number of nitrogens with one attached hydrogen (secondary N) is 2. The molecule has 1 heterocycles. The number of aliphatic hydroxyl groups is 1. The number of carbonyl (C=O) groups excluding carboxylic acids is 1. The van der Waals surface area contributed by atoms with E-state index in [9.17, 15) is 4.79 Å². The van der Waals surface area contributed by atoms with Crippen molar-refractivity contribution in [3.63, 3.8) is 0 Å². The molecule has 0 saturated carbocycles. The summed E-state index contributed by atoms with van der Waals surface area (Å²) in [5, 5.41) is 15.4. The number of benzene rings is 3. The highest BCUT2D eigenvalue weighted by atomic mass is 35.5. The highest BCUT2D eigenvalue weighted by molar-refractivity contribution is 7.80. The predicted molar refractivity (Wildman–Crippen MR) is 131 cm³/mol. The van der Waals surface area contributed by atoms with Crippen LogP contribution in [0.1, 0.15) is 16.1 Å². The zero-order valence-electron chi connectivity index (χ0n) is 16.8. The molecule has 0 bridgehead atoms. The number of anilines is 1. The largest absolute Gasteiger partial charge is 0.459 e. The van der Waals surface area contributed by atoms with E-state index in [1.165, 1.54) is 0 Å². The molecule has 0 radical (unpaired) electrons. The Morgan fingerprint density at radius 1 is 0.938 bits per heavy atom. The summed E-state index contributed by atoms with van der Waals surface area (Å²) in [6.07, 6.45) is 0. The van der Waals surface area contributed by atoms with E-state index in [1.54, 1.807) is 42.5 Å². The van der Waals surface area contributed by atoms with Gasteiger partial charge in [-0.1, -0.05) is 54.1 Å². The van der Waals surface area contributed by atoms with E-state index < -0.39 is 0 Å². The maximum absolute atomic E-state index is 12.5. The number of furan rings is 1. The molecule has 1 amide bonds. The van der Waals surface area contributed by atoms with Crippen molar-refractivity contribution in [1.82, 2.24) is 5.32 Å². The normalized spacial score (nSPS) is 10.6. The van der Waals surface area contributed by atoms with Crippen LogP contribution in [-0.2, 0) is 6.61 Å². The molecule has 0 aliphatic carbocycles. The number of thiocarbonyl (C=S) groups is 1. The molecule has 160 valence electrons. The Morgan fingerprint density at radius 3 is 2.31 bits per heavy atom. The summed E-state index contributed by atoms with van der Waals surface area (Å²) in [6, 6.07) is 25.9. The molecule has 0 spiro atoms. The van der Waals surface area contributed by atoms with Crippen LogP contribution in [-0.4, -0.2) is 16.1 Å². The molecule has 0 saturated heterocycles. The number of carbonyl (C=O) groups is 1. The average Bonchev–Trinajstić information content (AvgIpc) is 3.29. The average molecular weight is 463 g/mol. The van der Waals surface area contributed by atoms with Gasteiger partial charge in [-0.05, 0) is 65.8 Å². The first-order valence-electron chi connectivity index (χ1n) is 9.81. The molecule has 0 aliphatic rings. The van der Waals surface area contributed by atoms with Crippen LogP contribution in [0.25, 0.3) is 22.5 Å². The first-order valence-corrected chi connectivity index (χ1v) is 10.6. The fourth-order valence-electron chi connectivity index (χ4n) is 3.18. The van der Waals surface area contributed by atoms with E-state index in [0.717, 1.165) is 11.1 Å². The molecular formula is C25H19ClN2O3S. The van der Waals surface area contributed by atoms with Crippen LogP contribution in [0.15, 0.2) is 89.3 Å². The molecule has 3 aromatic carbocycles. The van der Waals surface area contributed by atoms with Crippen molar-refractivity contribution in [2.24, 2.45) is 0 Å². The van der Waals surface area contributed by atoms with E-state index in [-0.39, 0.29) is 17.6 Å². The maximum atomic E-state index is 12.5. The Hall–Kier alpha value is -3.45. The van der Waals surface area contributed by atoms with Crippen LogP contribution >= 0.6 is 23.8 Å². The van der Waals surface area contributed by atoms with Gasteiger partial charge in [-0.25, -0.2) is 0 Å². The monoisotopic (exact) mass is 462 g/mol. The minimum atomic E-state index is -0.308. The predicted octanol–water partition coefficient (Wildman–Crippen LogP) is 5.89. The van der Waals surface area contributed by atoms with Gasteiger partial charge in [0.25, 0.3) is 5.91 Å². The van der Waals surface area contributed by atoms with E-state index >= 15 is 0 Å². The second kappa shape index (κ2) is 9.78. The van der Waals surface area contributed by atoms with Crippen LogP contribution in [0, 0.1) is 0 Å². The van der Waals surface area contributed by atoms with Gasteiger partial charge in [0.15, 0.2) is 5.11 Å². The number of hydrogen-bond acceptors (Lipinski definition) is 4. The molecule has 0 fully saturated rings. The Labute approximate surface area is 195 Å². The van der Waals surface area contributed by atoms with Crippen molar-refractivity contribution >= 4 is 40.5 Å². The molecule has 0 aliphatic heterocycles. The van der Waals surface area contributed by atoms with Gasteiger partial charge in [0, 0.05) is 16.8 Å². The van der Waals surface area contributed by atoms with Crippen LogP contribution in [0.2, 0.25) is 5.02 Å². The van der Waals surface area contributed by atoms with Gasteiger partial charge in [0.1, 0.15) is 18.1 Å². The number of amides is 1. The molecule has 5 nitrogen and oxygen atoms in total. The third-order valence-electron chi connectivity index (χ3n) is 4.79. The molecule has 3 N–H and O–H groups in total. The highest BCUT2D eigenvalue weighted by Gasteiger charge is 2.12. The van der Waals surface area contributed by atoms with Crippen molar-refractivity contribution in [2.75, 3.05) is 5.32 Å². The van der Waals surface area contributed by atoms with Crippen molar-refractivity contribution in [3.8, 4) is 22.5 Å². The van der Waals surface area contributed by atoms with E-state index in [2.05, 4.69) is 10.6 Å². The number of aliphatic hydroxyl groups excluding tert-OH is 1. The SMILES string of the molecule is O=C(NC(=S)Nc1ccc(-c2ccc(CO)o2)c(Cl)c1)c1ccc(-c2ccccc2)cc1. The molecule has 0 unspecified atom stereocenters. The fraction of sp³-hybridized carbons (Fsp3) is 0.0400. The van der Waals surface area contributed by atoms with Gasteiger partial charge < -0.3 is 14.8 Å². The third-order valence-corrected chi connectivity index (χ3v) is 5.31. The first kappa shape index (κ1) is 21.8. The lowest BCUT2D eigenvalue weighted by molar-refractivity contribution is 0.0977. The van der Waals surface area contributed by atoms with Gasteiger partial charge in [-0.2, -0.15) is 0 Å². The second-order valence-corrected chi connectivity index (χ2v) is 7.79. The first-order chi connectivity index (χ1) is 15.5. The van der Waals surface area contributed by atoms with Gasteiger partial charge >= 0.3 is 0 Å². The molecule has 0 atom stereocenters. The molecule has 4 rings (SSSR count). The maximum Gasteiger partial charge on any atom is 0.257 e. The summed E-state index contributed by atoms with van der Waals surface area (Å²) in [6.45, 7) is -0.180. The summed E-state index contributed by atoms with van der Waals surface area (Å²) in [7, 11) is 0. The van der Waals surface area contributed by atoms with Crippen molar-refractivity contribution in [1.29, 1.82) is 0 Å². The van der Waals surface area contributed by atoms with Crippen LogP contribution in [0.3, 0.4) is 0 Å². The summed E-state index contributed by atoms with van der Waals surface area (Å²) in [4.78, 5) is 12.5.